The average Bonchev–Trinajstić information content (AvgIpc) is 3.36. The predicted octanol–water partition coefficient (Wildman–Crippen LogP) is 5.44. The van der Waals surface area contributed by atoms with Crippen LogP contribution in [0.1, 0.15) is 24.8 Å². The molecule has 152 valence electrons. The maximum atomic E-state index is 13.1. The molecule has 4 rings (SSSR count). The second-order valence-corrected chi connectivity index (χ2v) is 9.34. The Bertz CT molecular complexity index is 984. The lowest BCUT2D eigenvalue weighted by Crippen LogP contribution is -2.37. The van der Waals surface area contributed by atoms with Crippen LogP contribution in [0, 0.1) is 12.7 Å². The molecule has 3 aromatic rings. The molecule has 0 N–H and O–H groups in total. The van der Waals surface area contributed by atoms with Crippen molar-refractivity contribution < 1.29 is 13.9 Å². The number of carbonyl (C=O) groups is 1. The quantitative estimate of drug-likeness (QED) is 0.468. The molecule has 1 unspecified atom stereocenters. The van der Waals surface area contributed by atoms with Gasteiger partial charge in [-0.2, -0.15) is 0 Å². The largest absolute Gasteiger partial charge is 0.376 e. The minimum absolute atomic E-state index is 0.0471. The number of anilines is 1. The Morgan fingerprint density at radius 1 is 1.31 bits per heavy atom. The summed E-state index contributed by atoms with van der Waals surface area (Å²) in [6, 6.07) is 12.5. The first-order valence-electron chi connectivity index (χ1n) is 9.76. The van der Waals surface area contributed by atoms with E-state index in [1.54, 1.807) is 40.1 Å². The molecule has 1 aliphatic rings. The Hall–Kier alpha value is -1.96. The Morgan fingerprint density at radius 3 is 2.90 bits per heavy atom. The van der Waals surface area contributed by atoms with Crippen LogP contribution in [0.3, 0.4) is 0 Å². The maximum absolute atomic E-state index is 13.1. The molecule has 0 bridgehead atoms. The number of halogens is 1. The smallest absolute Gasteiger partial charge is 0.229 e. The van der Waals surface area contributed by atoms with Gasteiger partial charge < -0.3 is 4.74 Å². The van der Waals surface area contributed by atoms with Gasteiger partial charge >= 0.3 is 0 Å². The van der Waals surface area contributed by atoms with Gasteiger partial charge in [0, 0.05) is 23.7 Å². The van der Waals surface area contributed by atoms with Crippen LogP contribution < -0.4 is 4.90 Å². The van der Waals surface area contributed by atoms with E-state index in [0.717, 1.165) is 39.7 Å². The van der Waals surface area contributed by atoms with Crippen molar-refractivity contribution in [2.75, 3.05) is 23.8 Å². The van der Waals surface area contributed by atoms with Gasteiger partial charge in [-0.05, 0) is 61.7 Å². The Balaban J connectivity index is 1.47. The van der Waals surface area contributed by atoms with Gasteiger partial charge in [-0.3, -0.25) is 9.69 Å². The van der Waals surface area contributed by atoms with Gasteiger partial charge in [0.25, 0.3) is 0 Å². The number of rotatable bonds is 7. The zero-order valence-corrected chi connectivity index (χ0v) is 17.9. The molecular weight excluding hydrogens is 407 g/mol. The van der Waals surface area contributed by atoms with Crippen molar-refractivity contribution in [2.24, 2.45) is 0 Å². The molecule has 4 nitrogen and oxygen atoms in total. The number of thiazole rings is 1. The SMILES string of the molecule is Cc1ccc2nc(N(CC3CCCO3)C(=O)CCSc3ccc(F)cc3)sc2c1. The topological polar surface area (TPSA) is 42.4 Å². The van der Waals surface area contributed by atoms with Crippen molar-refractivity contribution in [1.29, 1.82) is 0 Å². The third-order valence-electron chi connectivity index (χ3n) is 4.87. The summed E-state index contributed by atoms with van der Waals surface area (Å²) in [6.07, 6.45) is 2.46. The molecule has 1 fully saturated rings. The summed E-state index contributed by atoms with van der Waals surface area (Å²) in [5, 5.41) is 0.734. The van der Waals surface area contributed by atoms with E-state index in [2.05, 4.69) is 13.0 Å². The molecule has 1 atom stereocenters. The number of hydrogen-bond acceptors (Lipinski definition) is 5. The molecule has 29 heavy (non-hydrogen) atoms. The number of carbonyl (C=O) groups excluding carboxylic acids is 1. The van der Waals surface area contributed by atoms with E-state index < -0.39 is 0 Å². The highest BCUT2D eigenvalue weighted by Crippen LogP contribution is 2.31. The zero-order valence-electron chi connectivity index (χ0n) is 16.3. The summed E-state index contributed by atoms with van der Waals surface area (Å²) in [5.74, 6) is 0.432. The Morgan fingerprint density at radius 2 is 2.14 bits per heavy atom. The van der Waals surface area contributed by atoms with Gasteiger partial charge in [0.2, 0.25) is 5.91 Å². The van der Waals surface area contributed by atoms with Crippen LogP contribution in [0.15, 0.2) is 47.4 Å². The highest BCUT2D eigenvalue weighted by molar-refractivity contribution is 7.99. The molecule has 0 spiro atoms. The fraction of sp³-hybridized carbons (Fsp3) is 0.364. The van der Waals surface area contributed by atoms with Gasteiger partial charge in [0.1, 0.15) is 5.82 Å². The molecule has 0 saturated carbocycles. The fourth-order valence-corrected chi connectivity index (χ4v) is 5.27. The summed E-state index contributed by atoms with van der Waals surface area (Å²) in [5.41, 5.74) is 2.10. The van der Waals surface area contributed by atoms with Crippen molar-refractivity contribution in [2.45, 2.75) is 37.2 Å². The summed E-state index contributed by atoms with van der Waals surface area (Å²) < 4.78 is 19.9. The van der Waals surface area contributed by atoms with Crippen LogP contribution >= 0.6 is 23.1 Å². The van der Waals surface area contributed by atoms with Crippen LogP contribution in [-0.2, 0) is 9.53 Å². The fourth-order valence-electron chi connectivity index (χ4n) is 3.34. The lowest BCUT2D eigenvalue weighted by atomic mass is 10.2. The van der Waals surface area contributed by atoms with Gasteiger partial charge in [0.15, 0.2) is 5.13 Å². The predicted molar refractivity (Wildman–Crippen MR) is 117 cm³/mol. The van der Waals surface area contributed by atoms with Crippen molar-refractivity contribution in [1.82, 2.24) is 4.98 Å². The van der Waals surface area contributed by atoms with Crippen LogP contribution in [0.25, 0.3) is 10.2 Å². The maximum Gasteiger partial charge on any atom is 0.229 e. The second-order valence-electron chi connectivity index (χ2n) is 7.16. The molecule has 1 aromatic heterocycles. The van der Waals surface area contributed by atoms with Crippen molar-refractivity contribution in [3.8, 4) is 0 Å². The number of thioether (sulfide) groups is 1. The highest BCUT2D eigenvalue weighted by atomic mass is 32.2. The summed E-state index contributed by atoms with van der Waals surface area (Å²) in [4.78, 5) is 20.5. The van der Waals surface area contributed by atoms with Crippen LogP contribution in [0.2, 0.25) is 0 Å². The van der Waals surface area contributed by atoms with Crippen LogP contribution in [0.4, 0.5) is 9.52 Å². The second kappa shape index (κ2) is 9.24. The highest BCUT2D eigenvalue weighted by Gasteiger charge is 2.26. The third kappa shape index (κ3) is 5.15. The van der Waals surface area contributed by atoms with Crippen LogP contribution in [0.5, 0.6) is 0 Å². The number of amides is 1. The number of hydrogen-bond donors (Lipinski definition) is 0. The Kier molecular flexibility index (Phi) is 6.47. The van der Waals surface area contributed by atoms with Crippen molar-refractivity contribution >= 4 is 44.4 Å². The normalized spacial score (nSPS) is 16.4. The minimum Gasteiger partial charge on any atom is -0.376 e. The standard InChI is InChI=1S/C22H23FN2O2S2/c1-15-4-9-19-20(13-15)29-22(24-19)25(14-17-3-2-11-27-17)21(26)10-12-28-18-7-5-16(23)6-8-18/h4-9,13,17H,2-3,10-12,14H2,1H3. The van der Waals surface area contributed by atoms with E-state index in [1.165, 1.54) is 17.7 Å². The van der Waals surface area contributed by atoms with Gasteiger partial charge in [-0.25, -0.2) is 9.37 Å². The Labute approximate surface area is 178 Å². The molecule has 7 heteroatoms. The number of aromatic nitrogens is 1. The van der Waals surface area contributed by atoms with E-state index in [9.17, 15) is 9.18 Å². The molecule has 1 aliphatic heterocycles. The van der Waals surface area contributed by atoms with Gasteiger partial charge in [-0.15, -0.1) is 11.8 Å². The van der Waals surface area contributed by atoms with Crippen LogP contribution in [-0.4, -0.2) is 35.9 Å². The van der Waals surface area contributed by atoms with Crippen molar-refractivity contribution in [3.63, 3.8) is 0 Å². The summed E-state index contributed by atoms with van der Waals surface area (Å²) >= 11 is 3.11. The number of aryl methyl sites for hydroxylation is 1. The molecule has 0 aliphatic carbocycles. The first-order valence-corrected chi connectivity index (χ1v) is 11.6. The third-order valence-corrected chi connectivity index (χ3v) is 6.93. The average molecular weight is 431 g/mol. The number of benzene rings is 2. The number of fused-ring (bicyclic) bond motifs is 1. The van der Waals surface area contributed by atoms with Gasteiger partial charge in [-0.1, -0.05) is 17.4 Å². The monoisotopic (exact) mass is 430 g/mol. The zero-order chi connectivity index (χ0) is 20.2. The summed E-state index contributed by atoms with van der Waals surface area (Å²) in [7, 11) is 0. The molecule has 0 radical (unpaired) electrons. The molecule has 2 aromatic carbocycles. The molecule has 1 amide bonds. The minimum atomic E-state index is -0.251. The number of nitrogens with zero attached hydrogens (tertiary/aromatic N) is 2. The van der Waals surface area contributed by atoms with E-state index >= 15 is 0 Å². The van der Waals surface area contributed by atoms with E-state index in [1.807, 2.05) is 12.1 Å². The van der Waals surface area contributed by atoms with Crippen molar-refractivity contribution in [3.05, 3.63) is 53.8 Å². The lowest BCUT2D eigenvalue weighted by Gasteiger charge is -2.23. The van der Waals surface area contributed by atoms with E-state index in [0.29, 0.717) is 18.7 Å². The number of ether oxygens (including phenoxy) is 1. The molecule has 1 saturated heterocycles. The van der Waals surface area contributed by atoms with E-state index in [4.69, 9.17) is 9.72 Å². The molecule has 2 heterocycles. The first kappa shape index (κ1) is 20.3. The lowest BCUT2D eigenvalue weighted by molar-refractivity contribution is -0.118. The first-order chi connectivity index (χ1) is 14.1. The summed E-state index contributed by atoms with van der Waals surface area (Å²) in [6.45, 7) is 3.35. The molecular formula is C22H23FN2O2S2. The van der Waals surface area contributed by atoms with Gasteiger partial charge in [0.05, 0.1) is 22.9 Å². The van der Waals surface area contributed by atoms with E-state index in [-0.39, 0.29) is 17.8 Å².